The van der Waals surface area contributed by atoms with E-state index in [0.717, 1.165) is 12.8 Å². The fraction of sp³-hybridized carbons (Fsp3) is 0.875. The van der Waals surface area contributed by atoms with Crippen LogP contribution in [0.4, 0.5) is 0 Å². The third-order valence-corrected chi connectivity index (χ3v) is 3.74. The van der Waals surface area contributed by atoms with Crippen molar-refractivity contribution in [3.8, 4) is 0 Å². The van der Waals surface area contributed by atoms with E-state index in [4.69, 9.17) is 0 Å². The van der Waals surface area contributed by atoms with Crippen LogP contribution in [0.1, 0.15) is 12.8 Å². The topological polar surface area (TPSA) is 66.5 Å². The van der Waals surface area contributed by atoms with Crippen LogP contribution in [0, 0.1) is 5.92 Å². The number of hydrogen-bond acceptors (Lipinski definition) is 3. The van der Waals surface area contributed by atoms with Crippen molar-refractivity contribution < 1.29 is 13.2 Å². The molecule has 0 radical (unpaired) electrons. The Morgan fingerprint density at radius 2 is 2.14 bits per heavy atom. The number of nitrogens with zero attached hydrogens (tertiary/aromatic N) is 1. The Kier molecular flexibility index (Phi) is 3.49. The van der Waals surface area contributed by atoms with Crippen molar-refractivity contribution in [1.82, 2.24) is 9.62 Å². The monoisotopic (exact) mass is 220 g/mol. The second-order valence-corrected chi connectivity index (χ2v) is 5.56. The van der Waals surface area contributed by atoms with Crippen LogP contribution in [-0.2, 0) is 14.8 Å². The van der Waals surface area contributed by atoms with Crippen LogP contribution in [-0.4, -0.2) is 45.0 Å². The lowest BCUT2D eigenvalue weighted by Gasteiger charge is -2.29. The van der Waals surface area contributed by atoms with Crippen LogP contribution in [0.25, 0.3) is 0 Å². The van der Waals surface area contributed by atoms with Gasteiger partial charge in [0, 0.05) is 20.1 Å². The highest BCUT2D eigenvalue weighted by Gasteiger charge is 2.29. The van der Waals surface area contributed by atoms with E-state index in [1.807, 2.05) is 0 Å². The minimum Gasteiger partial charge on any atom is -0.359 e. The second kappa shape index (κ2) is 4.27. The van der Waals surface area contributed by atoms with Gasteiger partial charge < -0.3 is 5.32 Å². The summed E-state index contributed by atoms with van der Waals surface area (Å²) < 4.78 is 23.8. The third-order valence-electron chi connectivity index (χ3n) is 2.47. The van der Waals surface area contributed by atoms with E-state index in [-0.39, 0.29) is 11.8 Å². The standard InChI is InChI=1S/C8H16N2O3S/c1-9-8(11)7-4-3-5-10(6-7)14(2,12)13/h7H,3-6H2,1-2H3,(H,9,11)/t7-/m1/s1. The van der Waals surface area contributed by atoms with Crippen LogP contribution in [0.15, 0.2) is 0 Å². The molecule has 0 aromatic carbocycles. The van der Waals surface area contributed by atoms with Gasteiger partial charge in [0.25, 0.3) is 0 Å². The fourth-order valence-electron chi connectivity index (χ4n) is 1.66. The molecule has 0 aromatic heterocycles. The zero-order chi connectivity index (χ0) is 10.8. The lowest BCUT2D eigenvalue weighted by atomic mass is 9.99. The van der Waals surface area contributed by atoms with Crippen molar-refractivity contribution in [3.63, 3.8) is 0 Å². The third kappa shape index (κ3) is 2.68. The number of carbonyl (C=O) groups excluding carboxylic acids is 1. The van der Waals surface area contributed by atoms with E-state index in [1.165, 1.54) is 10.6 Å². The van der Waals surface area contributed by atoms with Gasteiger partial charge >= 0.3 is 0 Å². The molecule has 0 aliphatic carbocycles. The quantitative estimate of drug-likeness (QED) is 0.676. The Morgan fingerprint density at radius 1 is 1.50 bits per heavy atom. The molecule has 1 aliphatic heterocycles. The Labute approximate surface area is 84.5 Å². The van der Waals surface area contributed by atoms with E-state index >= 15 is 0 Å². The molecule has 1 amide bonds. The van der Waals surface area contributed by atoms with Crippen LogP contribution < -0.4 is 5.32 Å². The summed E-state index contributed by atoms with van der Waals surface area (Å²) in [5.41, 5.74) is 0. The maximum Gasteiger partial charge on any atom is 0.224 e. The Hall–Kier alpha value is -0.620. The SMILES string of the molecule is CNC(=O)[C@@H]1CCCN(S(C)(=O)=O)C1. The first-order valence-electron chi connectivity index (χ1n) is 4.62. The lowest BCUT2D eigenvalue weighted by molar-refractivity contribution is -0.125. The fourth-order valence-corrected chi connectivity index (χ4v) is 2.57. The molecule has 1 saturated heterocycles. The predicted octanol–water partition coefficient (Wildman–Crippen LogP) is -0.596. The molecule has 1 fully saturated rings. The highest BCUT2D eigenvalue weighted by molar-refractivity contribution is 7.88. The van der Waals surface area contributed by atoms with E-state index < -0.39 is 10.0 Å². The van der Waals surface area contributed by atoms with Crippen molar-refractivity contribution in [2.75, 3.05) is 26.4 Å². The predicted molar refractivity (Wildman–Crippen MR) is 53.2 cm³/mol. The molecule has 0 spiro atoms. The smallest absolute Gasteiger partial charge is 0.224 e. The molecule has 0 aromatic rings. The van der Waals surface area contributed by atoms with Gasteiger partial charge in [-0.05, 0) is 12.8 Å². The number of carbonyl (C=O) groups is 1. The zero-order valence-corrected chi connectivity index (χ0v) is 9.30. The van der Waals surface area contributed by atoms with Gasteiger partial charge in [-0.2, -0.15) is 0 Å². The van der Waals surface area contributed by atoms with Gasteiger partial charge in [0.1, 0.15) is 0 Å². The van der Waals surface area contributed by atoms with Crippen molar-refractivity contribution in [1.29, 1.82) is 0 Å². The molecule has 1 rings (SSSR count). The first kappa shape index (κ1) is 11.5. The number of nitrogens with one attached hydrogen (secondary N) is 1. The molecule has 14 heavy (non-hydrogen) atoms. The number of amides is 1. The zero-order valence-electron chi connectivity index (χ0n) is 8.49. The molecule has 1 atom stereocenters. The largest absolute Gasteiger partial charge is 0.359 e. The summed E-state index contributed by atoms with van der Waals surface area (Å²) in [6, 6.07) is 0. The Balaban J connectivity index is 2.65. The van der Waals surface area contributed by atoms with Crippen molar-refractivity contribution >= 4 is 15.9 Å². The molecular weight excluding hydrogens is 204 g/mol. The number of sulfonamides is 1. The molecule has 1 heterocycles. The number of hydrogen-bond donors (Lipinski definition) is 1. The van der Waals surface area contributed by atoms with Gasteiger partial charge in [0.2, 0.25) is 15.9 Å². The number of rotatable bonds is 2. The maximum atomic E-state index is 11.3. The van der Waals surface area contributed by atoms with E-state index in [1.54, 1.807) is 7.05 Å². The first-order chi connectivity index (χ1) is 6.45. The van der Waals surface area contributed by atoms with Crippen molar-refractivity contribution in [3.05, 3.63) is 0 Å². The summed E-state index contributed by atoms with van der Waals surface area (Å²) in [4.78, 5) is 11.3. The Bertz CT molecular complexity index is 313. The molecular formula is C8H16N2O3S. The van der Waals surface area contributed by atoms with Gasteiger partial charge in [-0.1, -0.05) is 0 Å². The average molecular weight is 220 g/mol. The van der Waals surface area contributed by atoms with Gasteiger partial charge in [-0.15, -0.1) is 0 Å². The highest BCUT2D eigenvalue weighted by atomic mass is 32.2. The Morgan fingerprint density at radius 3 is 2.64 bits per heavy atom. The molecule has 1 N–H and O–H groups in total. The molecule has 1 aliphatic rings. The van der Waals surface area contributed by atoms with Crippen LogP contribution in [0.2, 0.25) is 0 Å². The summed E-state index contributed by atoms with van der Waals surface area (Å²) >= 11 is 0. The summed E-state index contributed by atoms with van der Waals surface area (Å²) in [6.07, 6.45) is 2.70. The highest BCUT2D eigenvalue weighted by Crippen LogP contribution is 2.18. The minimum atomic E-state index is -3.15. The molecule has 0 bridgehead atoms. The molecule has 0 saturated carbocycles. The van der Waals surface area contributed by atoms with Gasteiger partial charge in [0.05, 0.1) is 12.2 Å². The summed E-state index contributed by atoms with van der Waals surface area (Å²) in [5.74, 6) is -0.262. The summed E-state index contributed by atoms with van der Waals surface area (Å²) in [7, 11) is -1.58. The molecule has 82 valence electrons. The van der Waals surface area contributed by atoms with E-state index in [2.05, 4.69) is 5.32 Å². The van der Waals surface area contributed by atoms with Gasteiger partial charge in [-0.3, -0.25) is 4.79 Å². The van der Waals surface area contributed by atoms with Crippen LogP contribution >= 0.6 is 0 Å². The van der Waals surface area contributed by atoms with E-state index in [0.29, 0.717) is 13.1 Å². The maximum absolute atomic E-state index is 11.3. The molecule has 6 heteroatoms. The normalized spacial score (nSPS) is 24.6. The van der Waals surface area contributed by atoms with Crippen molar-refractivity contribution in [2.24, 2.45) is 5.92 Å². The average Bonchev–Trinajstić information content (AvgIpc) is 2.15. The van der Waals surface area contributed by atoms with Crippen molar-refractivity contribution in [2.45, 2.75) is 12.8 Å². The van der Waals surface area contributed by atoms with E-state index in [9.17, 15) is 13.2 Å². The van der Waals surface area contributed by atoms with Gasteiger partial charge in [-0.25, -0.2) is 12.7 Å². The van der Waals surface area contributed by atoms with Gasteiger partial charge in [0.15, 0.2) is 0 Å². The number of piperidine rings is 1. The van der Waals surface area contributed by atoms with Crippen LogP contribution in [0.5, 0.6) is 0 Å². The summed E-state index contributed by atoms with van der Waals surface area (Å²) in [5, 5.41) is 2.55. The van der Waals surface area contributed by atoms with Crippen LogP contribution in [0.3, 0.4) is 0 Å². The second-order valence-electron chi connectivity index (χ2n) is 3.57. The summed E-state index contributed by atoms with van der Waals surface area (Å²) in [6.45, 7) is 0.852. The molecule has 0 unspecified atom stereocenters. The minimum absolute atomic E-state index is 0.0710. The molecule has 5 nitrogen and oxygen atoms in total. The lowest BCUT2D eigenvalue weighted by Crippen LogP contribution is -2.44. The first-order valence-corrected chi connectivity index (χ1v) is 6.46.